The number of hydrogen-bond donors (Lipinski definition) is 2. The molecule has 2 N–H and O–H groups in total. The van der Waals surface area contributed by atoms with Crippen LogP contribution in [0.15, 0.2) is 61.1 Å². The molecule has 0 fully saturated rings. The maximum atomic E-state index is 12.6. The van der Waals surface area contributed by atoms with Crippen LogP contribution in [0.5, 0.6) is 0 Å². The Hall–Kier alpha value is -3.54. The predicted molar refractivity (Wildman–Crippen MR) is 104 cm³/mol. The fourth-order valence-electron chi connectivity index (χ4n) is 2.67. The van der Waals surface area contributed by atoms with E-state index < -0.39 is 0 Å². The van der Waals surface area contributed by atoms with Gasteiger partial charge < -0.3 is 10.6 Å². The van der Waals surface area contributed by atoms with Gasteiger partial charge in [-0.05, 0) is 54.8 Å². The smallest absolute Gasteiger partial charge is 0.274 e. The highest BCUT2D eigenvalue weighted by Crippen LogP contribution is 2.20. The Morgan fingerprint density at radius 1 is 0.926 bits per heavy atom. The van der Waals surface area contributed by atoms with E-state index in [9.17, 15) is 9.59 Å². The third-order valence-electron chi connectivity index (χ3n) is 4.18. The molecule has 0 saturated heterocycles. The third kappa shape index (κ3) is 4.55. The van der Waals surface area contributed by atoms with Crippen molar-refractivity contribution in [2.45, 2.75) is 20.4 Å². The molecule has 0 spiro atoms. The van der Waals surface area contributed by atoms with E-state index in [1.54, 1.807) is 18.5 Å². The summed E-state index contributed by atoms with van der Waals surface area (Å²) in [6.07, 6.45) is 4.80. The lowest BCUT2D eigenvalue weighted by Crippen LogP contribution is -2.24. The normalized spacial score (nSPS) is 10.3. The molecule has 0 saturated carbocycles. The second kappa shape index (κ2) is 8.23. The molecule has 6 heteroatoms. The van der Waals surface area contributed by atoms with Crippen molar-refractivity contribution in [3.63, 3.8) is 0 Å². The van der Waals surface area contributed by atoms with E-state index in [1.165, 1.54) is 12.3 Å². The molecule has 2 amide bonds. The summed E-state index contributed by atoms with van der Waals surface area (Å²) in [5.41, 5.74) is 4.21. The Balaban J connectivity index is 1.71. The number of hydrogen-bond acceptors (Lipinski definition) is 4. The van der Waals surface area contributed by atoms with Gasteiger partial charge in [0.1, 0.15) is 5.69 Å². The first-order valence-electron chi connectivity index (χ1n) is 8.55. The standard InChI is InChI=1S/C21H20N4O2/c1-14-4-3-5-15(2)19(14)25-21(27)18-12-17(8-11-23-18)20(26)24-13-16-6-9-22-10-7-16/h3-12H,13H2,1-2H3,(H,24,26)(H,25,27). The molecule has 0 unspecified atom stereocenters. The first kappa shape index (κ1) is 18.3. The van der Waals surface area contributed by atoms with Crippen LogP contribution in [0.25, 0.3) is 0 Å². The third-order valence-corrected chi connectivity index (χ3v) is 4.18. The number of nitrogens with one attached hydrogen (secondary N) is 2. The maximum absolute atomic E-state index is 12.6. The fraction of sp³-hybridized carbons (Fsp3) is 0.143. The molecule has 0 bridgehead atoms. The molecular weight excluding hydrogens is 340 g/mol. The van der Waals surface area contributed by atoms with Gasteiger partial charge in [0.2, 0.25) is 0 Å². The molecule has 2 heterocycles. The topological polar surface area (TPSA) is 84.0 Å². The van der Waals surface area contributed by atoms with E-state index in [-0.39, 0.29) is 17.5 Å². The van der Waals surface area contributed by atoms with E-state index in [1.807, 2.05) is 44.2 Å². The minimum atomic E-state index is -0.351. The lowest BCUT2D eigenvalue weighted by molar-refractivity contribution is 0.0950. The number of aryl methyl sites for hydroxylation is 2. The van der Waals surface area contributed by atoms with Crippen LogP contribution in [-0.4, -0.2) is 21.8 Å². The average molecular weight is 360 g/mol. The Morgan fingerprint density at radius 3 is 2.33 bits per heavy atom. The van der Waals surface area contributed by atoms with Gasteiger partial charge in [-0.1, -0.05) is 18.2 Å². The molecule has 6 nitrogen and oxygen atoms in total. The van der Waals surface area contributed by atoms with Crippen molar-refractivity contribution in [2.24, 2.45) is 0 Å². The first-order chi connectivity index (χ1) is 13.0. The van der Waals surface area contributed by atoms with Crippen molar-refractivity contribution in [1.29, 1.82) is 0 Å². The monoisotopic (exact) mass is 360 g/mol. The molecule has 27 heavy (non-hydrogen) atoms. The zero-order chi connectivity index (χ0) is 19.2. The Morgan fingerprint density at radius 2 is 1.63 bits per heavy atom. The van der Waals surface area contributed by atoms with Gasteiger partial charge >= 0.3 is 0 Å². The number of nitrogens with zero attached hydrogens (tertiary/aromatic N) is 2. The SMILES string of the molecule is Cc1cccc(C)c1NC(=O)c1cc(C(=O)NCc2ccncc2)ccn1. The number of anilines is 1. The van der Waals surface area contributed by atoms with Gasteiger partial charge in [0.25, 0.3) is 11.8 Å². The van der Waals surface area contributed by atoms with E-state index in [0.29, 0.717) is 12.1 Å². The van der Waals surface area contributed by atoms with Crippen LogP contribution < -0.4 is 10.6 Å². The van der Waals surface area contributed by atoms with Crippen LogP contribution >= 0.6 is 0 Å². The summed E-state index contributed by atoms with van der Waals surface area (Å²) in [5, 5.41) is 5.70. The molecule has 3 rings (SSSR count). The van der Waals surface area contributed by atoms with Gasteiger partial charge in [-0.15, -0.1) is 0 Å². The summed E-state index contributed by atoms with van der Waals surface area (Å²) in [5.74, 6) is -0.619. The van der Waals surface area contributed by atoms with Gasteiger partial charge in [-0.3, -0.25) is 19.6 Å². The molecule has 3 aromatic rings. The maximum Gasteiger partial charge on any atom is 0.274 e. The number of aromatic nitrogens is 2. The van der Waals surface area contributed by atoms with Crippen LogP contribution in [0.4, 0.5) is 5.69 Å². The second-order valence-electron chi connectivity index (χ2n) is 6.19. The molecule has 1 aromatic carbocycles. The van der Waals surface area contributed by atoms with Crippen molar-refractivity contribution in [3.8, 4) is 0 Å². The molecule has 2 aromatic heterocycles. The predicted octanol–water partition coefficient (Wildman–Crippen LogP) is 3.28. The Labute approximate surface area is 157 Å². The van der Waals surface area contributed by atoms with Crippen molar-refractivity contribution in [3.05, 3.63) is 89.0 Å². The van der Waals surface area contributed by atoms with E-state index in [0.717, 1.165) is 22.4 Å². The summed E-state index contributed by atoms with van der Waals surface area (Å²) < 4.78 is 0. The number of rotatable bonds is 5. The average Bonchev–Trinajstić information content (AvgIpc) is 2.70. The van der Waals surface area contributed by atoms with Crippen molar-refractivity contribution in [1.82, 2.24) is 15.3 Å². The van der Waals surface area contributed by atoms with Gasteiger partial charge in [0, 0.05) is 36.4 Å². The zero-order valence-corrected chi connectivity index (χ0v) is 15.2. The largest absolute Gasteiger partial charge is 0.348 e. The number of pyridine rings is 2. The molecule has 136 valence electrons. The molecular formula is C21H20N4O2. The summed E-state index contributed by atoms with van der Waals surface area (Å²) >= 11 is 0. The second-order valence-corrected chi connectivity index (χ2v) is 6.19. The number of carbonyl (C=O) groups is 2. The van der Waals surface area contributed by atoms with Crippen LogP contribution in [0, 0.1) is 13.8 Å². The molecule has 0 radical (unpaired) electrons. The minimum absolute atomic E-state index is 0.189. The summed E-state index contributed by atoms with van der Waals surface area (Å²) in [6, 6.07) is 12.5. The van der Waals surface area contributed by atoms with Crippen LogP contribution in [0.3, 0.4) is 0 Å². The van der Waals surface area contributed by atoms with E-state index in [2.05, 4.69) is 20.6 Å². The quantitative estimate of drug-likeness (QED) is 0.731. The Kier molecular flexibility index (Phi) is 5.56. The lowest BCUT2D eigenvalue weighted by atomic mass is 10.1. The number of benzene rings is 1. The van der Waals surface area contributed by atoms with Gasteiger partial charge in [0.15, 0.2) is 0 Å². The van der Waals surface area contributed by atoms with Crippen molar-refractivity contribution < 1.29 is 9.59 Å². The van der Waals surface area contributed by atoms with Gasteiger partial charge in [0.05, 0.1) is 0 Å². The Bertz CT molecular complexity index is 951. The van der Waals surface area contributed by atoms with E-state index in [4.69, 9.17) is 0 Å². The highest BCUT2D eigenvalue weighted by Gasteiger charge is 2.14. The van der Waals surface area contributed by atoms with Crippen LogP contribution in [-0.2, 0) is 6.54 Å². The zero-order valence-electron chi connectivity index (χ0n) is 15.2. The van der Waals surface area contributed by atoms with Crippen LogP contribution in [0.2, 0.25) is 0 Å². The number of para-hydroxylation sites is 1. The number of carbonyl (C=O) groups excluding carboxylic acids is 2. The van der Waals surface area contributed by atoms with Gasteiger partial charge in [-0.2, -0.15) is 0 Å². The highest BCUT2D eigenvalue weighted by atomic mass is 16.2. The van der Waals surface area contributed by atoms with Crippen LogP contribution in [0.1, 0.15) is 37.5 Å². The molecule has 0 aliphatic carbocycles. The van der Waals surface area contributed by atoms with Crippen molar-refractivity contribution >= 4 is 17.5 Å². The molecule has 0 aliphatic heterocycles. The molecule has 0 atom stereocenters. The lowest BCUT2D eigenvalue weighted by Gasteiger charge is -2.11. The minimum Gasteiger partial charge on any atom is -0.348 e. The summed E-state index contributed by atoms with van der Waals surface area (Å²) in [7, 11) is 0. The van der Waals surface area contributed by atoms with Crippen molar-refractivity contribution in [2.75, 3.05) is 5.32 Å². The fourth-order valence-corrected chi connectivity index (χ4v) is 2.67. The van der Waals surface area contributed by atoms with E-state index >= 15 is 0 Å². The number of amides is 2. The van der Waals surface area contributed by atoms with Gasteiger partial charge in [-0.25, -0.2) is 0 Å². The first-order valence-corrected chi connectivity index (χ1v) is 8.55. The molecule has 0 aliphatic rings. The summed E-state index contributed by atoms with van der Waals surface area (Å²) in [4.78, 5) is 33.0. The summed E-state index contributed by atoms with van der Waals surface area (Å²) in [6.45, 7) is 4.24. The highest BCUT2D eigenvalue weighted by molar-refractivity contribution is 6.05.